The highest BCUT2D eigenvalue weighted by atomic mass is 79.9. The summed E-state index contributed by atoms with van der Waals surface area (Å²) in [7, 11) is 4.00. The van der Waals surface area contributed by atoms with Crippen molar-refractivity contribution in [2.24, 2.45) is 7.05 Å². The summed E-state index contributed by atoms with van der Waals surface area (Å²) in [5.41, 5.74) is 6.12. The van der Waals surface area contributed by atoms with Crippen molar-refractivity contribution in [3.63, 3.8) is 0 Å². The lowest BCUT2D eigenvalue weighted by molar-refractivity contribution is 0.680. The van der Waals surface area contributed by atoms with Gasteiger partial charge in [0.2, 0.25) is 0 Å². The molecule has 1 aromatic carbocycles. The highest BCUT2D eigenvalue weighted by molar-refractivity contribution is 9.10. The van der Waals surface area contributed by atoms with Crippen molar-refractivity contribution in [1.82, 2.24) is 15.1 Å². The van der Waals surface area contributed by atoms with Gasteiger partial charge in [-0.3, -0.25) is 4.68 Å². The standard InChI is InChI=1S/C15H20BrN3/c1-10-5-6-12(16)9-13(10)15-11(2)14(7-8-17-3)19(4)18-15/h5-6,9,17H,7-8H2,1-4H3. The Morgan fingerprint density at radius 2 is 2.05 bits per heavy atom. The molecule has 0 saturated carbocycles. The predicted molar refractivity (Wildman–Crippen MR) is 83.4 cm³/mol. The molecule has 0 aliphatic heterocycles. The maximum absolute atomic E-state index is 4.70. The second kappa shape index (κ2) is 5.88. The SMILES string of the molecule is CNCCc1c(C)c(-c2cc(Br)ccc2C)nn1C. The summed E-state index contributed by atoms with van der Waals surface area (Å²) < 4.78 is 3.09. The maximum atomic E-state index is 4.70. The molecule has 2 rings (SSSR count). The quantitative estimate of drug-likeness (QED) is 0.937. The lowest BCUT2D eigenvalue weighted by Gasteiger charge is -2.05. The summed E-state index contributed by atoms with van der Waals surface area (Å²) >= 11 is 3.54. The van der Waals surface area contributed by atoms with E-state index in [0.29, 0.717) is 0 Å². The molecule has 1 heterocycles. The van der Waals surface area contributed by atoms with E-state index in [2.05, 4.69) is 53.3 Å². The number of nitrogens with one attached hydrogen (secondary N) is 1. The first-order valence-electron chi connectivity index (χ1n) is 6.48. The molecule has 3 nitrogen and oxygen atoms in total. The van der Waals surface area contributed by atoms with Crippen molar-refractivity contribution in [1.29, 1.82) is 0 Å². The van der Waals surface area contributed by atoms with Crippen molar-refractivity contribution in [2.45, 2.75) is 20.3 Å². The van der Waals surface area contributed by atoms with Crippen LogP contribution >= 0.6 is 15.9 Å². The number of likely N-dealkylation sites (N-methyl/N-ethyl adjacent to an activating group) is 1. The summed E-state index contributed by atoms with van der Waals surface area (Å²) in [6, 6.07) is 6.34. The molecule has 0 spiro atoms. The van der Waals surface area contributed by atoms with Gasteiger partial charge in [-0.1, -0.05) is 22.0 Å². The minimum absolute atomic E-state index is 0.970. The molecule has 0 radical (unpaired) electrons. The highest BCUT2D eigenvalue weighted by Gasteiger charge is 2.15. The van der Waals surface area contributed by atoms with Crippen LogP contribution in [0.15, 0.2) is 22.7 Å². The van der Waals surface area contributed by atoms with E-state index in [1.165, 1.54) is 22.4 Å². The number of halogens is 1. The van der Waals surface area contributed by atoms with Crippen LogP contribution in [0, 0.1) is 13.8 Å². The third kappa shape index (κ3) is 2.90. The average molecular weight is 322 g/mol. The van der Waals surface area contributed by atoms with E-state index in [1.54, 1.807) is 0 Å². The van der Waals surface area contributed by atoms with Gasteiger partial charge >= 0.3 is 0 Å². The molecule has 0 amide bonds. The molecule has 102 valence electrons. The van der Waals surface area contributed by atoms with E-state index in [-0.39, 0.29) is 0 Å². The van der Waals surface area contributed by atoms with Gasteiger partial charge in [0.05, 0.1) is 5.69 Å². The lowest BCUT2D eigenvalue weighted by Crippen LogP contribution is -2.13. The Bertz CT molecular complexity index is 587. The van der Waals surface area contributed by atoms with Crippen LogP contribution in [0.4, 0.5) is 0 Å². The van der Waals surface area contributed by atoms with Crippen LogP contribution in [-0.4, -0.2) is 23.4 Å². The van der Waals surface area contributed by atoms with E-state index in [1.807, 2.05) is 18.8 Å². The summed E-state index contributed by atoms with van der Waals surface area (Å²) in [5, 5.41) is 7.89. The van der Waals surface area contributed by atoms with Crippen molar-refractivity contribution >= 4 is 15.9 Å². The normalized spacial score (nSPS) is 11.0. The first-order chi connectivity index (χ1) is 9.04. The predicted octanol–water partition coefficient (Wildman–Crippen LogP) is 3.23. The topological polar surface area (TPSA) is 29.9 Å². The second-order valence-corrected chi connectivity index (χ2v) is 5.77. The molecule has 1 aromatic heterocycles. The number of aromatic nitrogens is 2. The molecule has 0 saturated heterocycles. The molecule has 0 unspecified atom stereocenters. The van der Waals surface area contributed by atoms with Crippen molar-refractivity contribution in [3.8, 4) is 11.3 Å². The minimum Gasteiger partial charge on any atom is -0.319 e. The Balaban J connectivity index is 2.48. The van der Waals surface area contributed by atoms with E-state index < -0.39 is 0 Å². The Hall–Kier alpha value is -1.13. The third-order valence-electron chi connectivity index (χ3n) is 3.50. The van der Waals surface area contributed by atoms with E-state index in [9.17, 15) is 0 Å². The minimum atomic E-state index is 0.970. The van der Waals surface area contributed by atoms with Gasteiger partial charge in [-0.2, -0.15) is 5.10 Å². The molecule has 19 heavy (non-hydrogen) atoms. The number of nitrogens with zero attached hydrogens (tertiary/aromatic N) is 2. The van der Waals surface area contributed by atoms with Gasteiger partial charge in [0, 0.05) is 35.7 Å². The Morgan fingerprint density at radius 3 is 2.74 bits per heavy atom. The van der Waals surface area contributed by atoms with Crippen molar-refractivity contribution in [3.05, 3.63) is 39.5 Å². The van der Waals surface area contributed by atoms with E-state index >= 15 is 0 Å². The van der Waals surface area contributed by atoms with E-state index in [4.69, 9.17) is 5.10 Å². The first-order valence-corrected chi connectivity index (χ1v) is 7.27. The maximum Gasteiger partial charge on any atom is 0.0958 e. The Kier molecular flexibility index (Phi) is 4.42. The van der Waals surface area contributed by atoms with Crippen LogP contribution in [-0.2, 0) is 13.5 Å². The van der Waals surface area contributed by atoms with Crippen LogP contribution in [0.25, 0.3) is 11.3 Å². The fourth-order valence-corrected chi connectivity index (χ4v) is 2.72. The van der Waals surface area contributed by atoms with Crippen LogP contribution in [0.2, 0.25) is 0 Å². The summed E-state index contributed by atoms with van der Waals surface area (Å²) in [6.07, 6.45) is 0.999. The smallest absolute Gasteiger partial charge is 0.0958 e. The molecule has 0 fully saturated rings. The molecule has 0 aliphatic carbocycles. The van der Waals surface area contributed by atoms with Crippen LogP contribution < -0.4 is 5.32 Å². The largest absolute Gasteiger partial charge is 0.319 e. The zero-order chi connectivity index (χ0) is 14.0. The van der Waals surface area contributed by atoms with E-state index in [0.717, 1.165) is 23.1 Å². The summed E-state index contributed by atoms with van der Waals surface area (Å²) in [5.74, 6) is 0. The van der Waals surface area contributed by atoms with Gasteiger partial charge in [0.1, 0.15) is 0 Å². The number of rotatable bonds is 4. The first kappa shape index (κ1) is 14.3. The average Bonchev–Trinajstić information content (AvgIpc) is 2.66. The van der Waals surface area contributed by atoms with Gasteiger partial charge in [0.15, 0.2) is 0 Å². The molecule has 2 aromatic rings. The number of hydrogen-bond donors (Lipinski definition) is 1. The van der Waals surface area contributed by atoms with Gasteiger partial charge < -0.3 is 5.32 Å². The van der Waals surface area contributed by atoms with Gasteiger partial charge in [0.25, 0.3) is 0 Å². The third-order valence-corrected chi connectivity index (χ3v) is 3.99. The summed E-state index contributed by atoms with van der Waals surface area (Å²) in [4.78, 5) is 0. The van der Waals surface area contributed by atoms with Crippen LogP contribution in [0.5, 0.6) is 0 Å². The number of aryl methyl sites for hydroxylation is 2. The van der Waals surface area contributed by atoms with Crippen molar-refractivity contribution in [2.75, 3.05) is 13.6 Å². The Morgan fingerprint density at radius 1 is 1.32 bits per heavy atom. The Labute approximate surface area is 123 Å². The molecule has 0 aliphatic rings. The van der Waals surface area contributed by atoms with Gasteiger partial charge in [-0.15, -0.1) is 0 Å². The zero-order valence-corrected chi connectivity index (χ0v) is 13.5. The fourth-order valence-electron chi connectivity index (χ4n) is 2.36. The van der Waals surface area contributed by atoms with Crippen LogP contribution in [0.1, 0.15) is 16.8 Å². The van der Waals surface area contributed by atoms with Gasteiger partial charge in [-0.05, 0) is 44.2 Å². The molecular formula is C15H20BrN3. The molecule has 0 bridgehead atoms. The number of hydrogen-bond acceptors (Lipinski definition) is 2. The fraction of sp³-hybridized carbons (Fsp3) is 0.400. The zero-order valence-electron chi connectivity index (χ0n) is 11.9. The van der Waals surface area contributed by atoms with Gasteiger partial charge in [-0.25, -0.2) is 0 Å². The summed E-state index contributed by atoms with van der Waals surface area (Å²) in [6.45, 7) is 5.26. The van der Waals surface area contributed by atoms with Crippen LogP contribution in [0.3, 0.4) is 0 Å². The molecule has 1 N–H and O–H groups in total. The second-order valence-electron chi connectivity index (χ2n) is 4.86. The monoisotopic (exact) mass is 321 g/mol. The molecular weight excluding hydrogens is 302 g/mol. The van der Waals surface area contributed by atoms with Crippen molar-refractivity contribution < 1.29 is 0 Å². The number of benzene rings is 1. The molecule has 0 atom stereocenters. The lowest BCUT2D eigenvalue weighted by atomic mass is 10.0. The highest BCUT2D eigenvalue weighted by Crippen LogP contribution is 2.29. The molecule has 4 heteroatoms.